The van der Waals surface area contributed by atoms with E-state index >= 15 is 0 Å². The fourth-order valence-corrected chi connectivity index (χ4v) is 6.25. The van der Waals surface area contributed by atoms with Crippen molar-refractivity contribution in [3.63, 3.8) is 0 Å². The molecule has 0 aliphatic rings. The molecule has 0 aliphatic carbocycles. The van der Waals surface area contributed by atoms with Crippen molar-refractivity contribution in [2.45, 2.75) is 0 Å². The smallest absolute Gasteiger partial charge is 0.167 e. The van der Waals surface area contributed by atoms with Crippen LogP contribution in [0.5, 0.6) is 0 Å². The van der Waals surface area contributed by atoms with Crippen molar-refractivity contribution < 1.29 is 21.2 Å². The van der Waals surface area contributed by atoms with Crippen molar-refractivity contribution in [3.05, 3.63) is 151 Å². The molecule has 10 aromatic rings. The van der Waals surface area contributed by atoms with Gasteiger partial charge in [-0.2, -0.15) is 0 Å². The third kappa shape index (κ3) is 4.15. The van der Waals surface area contributed by atoms with Gasteiger partial charge in [0.05, 0.1) is 17.9 Å². The third-order valence-corrected chi connectivity index (χ3v) is 8.47. The third-order valence-electron chi connectivity index (χ3n) is 8.47. The Hall–Kier alpha value is -6.59. The van der Waals surface area contributed by atoms with E-state index in [1.165, 1.54) is 0 Å². The summed E-state index contributed by atoms with van der Waals surface area (Å²) in [5.41, 5.74) is 4.16. The quantitative estimate of drug-likeness (QED) is 0.195. The fraction of sp³-hybridized carbons (Fsp3) is 0. The summed E-state index contributed by atoms with van der Waals surface area (Å²) in [5, 5.41) is 1.32. The fourth-order valence-electron chi connectivity index (χ4n) is 6.25. The molecular weight excluding hydrogens is 590 g/mol. The monoisotopic (exact) mass is 624 g/mol. The average molecular weight is 625 g/mol. The lowest BCUT2D eigenvalue weighted by atomic mass is 9.99. The van der Waals surface area contributed by atoms with E-state index in [1.54, 1.807) is 0 Å². The van der Waals surface area contributed by atoms with Gasteiger partial charge in [-0.25, -0.2) is 15.0 Å². The van der Waals surface area contributed by atoms with Crippen LogP contribution in [0.25, 0.3) is 99.9 Å². The predicted octanol–water partition coefficient (Wildman–Crippen LogP) is 11.5. The summed E-state index contributed by atoms with van der Waals surface area (Å²) >= 11 is 0. The Balaban J connectivity index is 1.26. The highest BCUT2D eigenvalue weighted by molar-refractivity contribution is 6.17. The highest BCUT2D eigenvalue weighted by Gasteiger charge is 2.20. The molecule has 0 spiro atoms. The molecule has 0 atom stereocenters. The summed E-state index contributed by atoms with van der Waals surface area (Å²) in [7, 11) is 0. The Kier molecular flexibility index (Phi) is 4.18. The lowest BCUT2D eigenvalue weighted by molar-refractivity contribution is 0.669. The molecule has 5 nitrogen and oxygen atoms in total. The maximum absolute atomic E-state index is 9.15. The molecule has 0 N–H and O–H groups in total. The van der Waals surface area contributed by atoms with E-state index < -0.39 is 54.4 Å². The molecule has 3 heterocycles. The first-order chi connectivity index (χ1) is 27.5. The first-order valence-corrected chi connectivity index (χ1v) is 15.2. The van der Waals surface area contributed by atoms with E-state index in [2.05, 4.69) is 6.07 Å². The van der Waals surface area contributed by atoms with Crippen molar-refractivity contribution >= 4 is 54.6 Å². The second-order valence-corrected chi connectivity index (χ2v) is 11.3. The average Bonchev–Trinajstić information content (AvgIpc) is 3.82. The summed E-state index contributed by atoms with van der Waals surface area (Å²) in [6.07, 6.45) is 0. The Bertz CT molecular complexity index is 3350. The topological polar surface area (TPSA) is 65.0 Å². The molecule has 0 saturated carbocycles. The number of rotatable bonds is 4. The number of para-hydroxylation sites is 1. The Morgan fingerprint density at radius 1 is 0.438 bits per heavy atom. The van der Waals surface area contributed by atoms with Gasteiger partial charge in [-0.3, -0.25) is 0 Å². The van der Waals surface area contributed by atoms with Crippen LogP contribution in [-0.4, -0.2) is 15.0 Å². The Morgan fingerprint density at radius 2 is 1.17 bits per heavy atom. The molecule has 224 valence electrons. The first-order valence-electron chi connectivity index (χ1n) is 19.7. The molecular formula is C43H25N3O2. The van der Waals surface area contributed by atoms with Gasteiger partial charge < -0.3 is 8.83 Å². The van der Waals surface area contributed by atoms with E-state index in [4.69, 9.17) is 36.1 Å². The molecule has 3 aromatic heterocycles. The number of fused-ring (bicyclic) bond motifs is 8. The number of hydrogen-bond acceptors (Lipinski definition) is 5. The first kappa shape index (κ1) is 19.2. The minimum atomic E-state index is -0.566. The standard InChI is InChI=1S/C43H25N3O2/c1-3-11-26(12-4-1)30-17-10-20-36-38(30)34-24-22-29(25-37(34)47-36)42-44-41(28-14-5-2-6-15-28)45-43(46-42)35-19-9-18-32-33-23-21-27-13-7-8-16-31(27)39(33)48-40(32)35/h1-25H/i7D,8D,9D,13D,16D,18D,19D,21D,23D. The maximum Gasteiger partial charge on any atom is 0.167 e. The summed E-state index contributed by atoms with van der Waals surface area (Å²) < 4.78 is 91.4. The minimum absolute atomic E-state index is 0.0682. The highest BCUT2D eigenvalue weighted by atomic mass is 16.3. The maximum atomic E-state index is 9.15. The zero-order valence-corrected chi connectivity index (χ0v) is 24.9. The number of nitrogens with zero attached hydrogens (tertiary/aromatic N) is 3. The van der Waals surface area contributed by atoms with Crippen LogP contribution in [0.3, 0.4) is 0 Å². The number of benzene rings is 7. The van der Waals surface area contributed by atoms with Crippen LogP contribution in [0, 0.1) is 0 Å². The van der Waals surface area contributed by atoms with Crippen molar-refractivity contribution in [1.29, 1.82) is 0 Å². The van der Waals surface area contributed by atoms with Gasteiger partial charge in [0.1, 0.15) is 22.3 Å². The molecule has 0 aliphatic heterocycles. The van der Waals surface area contributed by atoms with Crippen LogP contribution < -0.4 is 0 Å². The van der Waals surface area contributed by atoms with E-state index in [1.807, 2.05) is 91.0 Å². The Labute approximate surface area is 287 Å². The van der Waals surface area contributed by atoms with Crippen LogP contribution >= 0.6 is 0 Å². The van der Waals surface area contributed by atoms with Crippen molar-refractivity contribution in [1.82, 2.24) is 15.0 Å². The molecule has 0 radical (unpaired) electrons. The van der Waals surface area contributed by atoms with Crippen LogP contribution in [0.4, 0.5) is 0 Å². The molecule has 0 fully saturated rings. The zero-order chi connectivity index (χ0) is 39.4. The predicted molar refractivity (Wildman–Crippen MR) is 194 cm³/mol. The Morgan fingerprint density at radius 3 is 2.02 bits per heavy atom. The number of hydrogen-bond donors (Lipinski definition) is 0. The molecule has 0 bridgehead atoms. The molecule has 0 saturated heterocycles. The van der Waals surface area contributed by atoms with Crippen LogP contribution in [-0.2, 0) is 0 Å². The van der Waals surface area contributed by atoms with E-state index in [0.29, 0.717) is 22.3 Å². The van der Waals surface area contributed by atoms with Crippen LogP contribution in [0.1, 0.15) is 12.3 Å². The highest BCUT2D eigenvalue weighted by Crippen LogP contribution is 2.40. The normalized spacial score (nSPS) is 14.4. The van der Waals surface area contributed by atoms with Crippen LogP contribution in [0.2, 0.25) is 0 Å². The van der Waals surface area contributed by atoms with Gasteiger partial charge in [-0.05, 0) is 46.8 Å². The molecule has 10 rings (SSSR count). The van der Waals surface area contributed by atoms with Gasteiger partial charge in [0, 0.05) is 38.1 Å². The van der Waals surface area contributed by atoms with Gasteiger partial charge in [0.2, 0.25) is 0 Å². The van der Waals surface area contributed by atoms with Gasteiger partial charge in [-0.15, -0.1) is 0 Å². The number of furan rings is 2. The summed E-state index contributed by atoms with van der Waals surface area (Å²) in [4.78, 5) is 14.5. The minimum Gasteiger partial charge on any atom is -0.456 e. The lowest BCUT2D eigenvalue weighted by Gasteiger charge is -2.09. The summed E-state index contributed by atoms with van der Waals surface area (Å²) in [5.74, 6) is 0.385. The van der Waals surface area contributed by atoms with Gasteiger partial charge in [0.25, 0.3) is 0 Å². The molecule has 0 unspecified atom stereocenters. The second-order valence-electron chi connectivity index (χ2n) is 11.3. The van der Waals surface area contributed by atoms with E-state index in [9.17, 15) is 0 Å². The summed E-state index contributed by atoms with van der Waals surface area (Å²) in [6.45, 7) is 0. The molecule has 5 heteroatoms. The van der Waals surface area contributed by atoms with E-state index in [-0.39, 0.29) is 55.7 Å². The molecule has 48 heavy (non-hydrogen) atoms. The van der Waals surface area contributed by atoms with Crippen molar-refractivity contribution in [3.8, 4) is 45.3 Å². The van der Waals surface area contributed by atoms with Crippen LogP contribution in [0.15, 0.2) is 160 Å². The summed E-state index contributed by atoms with van der Waals surface area (Å²) in [6, 6.07) is 26.3. The van der Waals surface area contributed by atoms with Crippen molar-refractivity contribution in [2.24, 2.45) is 0 Å². The number of aromatic nitrogens is 3. The van der Waals surface area contributed by atoms with Gasteiger partial charge >= 0.3 is 0 Å². The van der Waals surface area contributed by atoms with E-state index in [0.717, 1.165) is 21.9 Å². The van der Waals surface area contributed by atoms with Gasteiger partial charge in [-0.1, -0.05) is 121 Å². The largest absolute Gasteiger partial charge is 0.456 e. The lowest BCUT2D eigenvalue weighted by Crippen LogP contribution is -2.00. The van der Waals surface area contributed by atoms with Crippen molar-refractivity contribution in [2.75, 3.05) is 0 Å². The molecule has 7 aromatic carbocycles. The SMILES string of the molecule is [2H]c1c([2H])c([2H])c2c(oc3c4c([2H])c([2H])c([2H])c([2H])c4c([2H])c([2H])c32)c1-c1nc(-c2ccccc2)nc(-c2ccc3c(c2)oc2cccc(-c4ccccc4)c23)n1. The zero-order valence-electron chi connectivity index (χ0n) is 33.9. The molecule has 0 amide bonds. The van der Waals surface area contributed by atoms with Gasteiger partial charge in [0.15, 0.2) is 17.5 Å². The second kappa shape index (κ2) is 10.5.